The second-order valence-electron chi connectivity index (χ2n) is 5.01. The quantitative estimate of drug-likeness (QED) is 0.819. The topological polar surface area (TPSA) is 49.3 Å². The molecule has 86 valence electrons. The molecule has 0 saturated heterocycles. The summed E-state index contributed by atoms with van der Waals surface area (Å²) in [4.78, 5) is 11.8. The van der Waals surface area contributed by atoms with Gasteiger partial charge in [-0.1, -0.05) is 18.6 Å². The van der Waals surface area contributed by atoms with Crippen molar-refractivity contribution in [1.82, 2.24) is 5.32 Å². The van der Waals surface area contributed by atoms with Crippen LogP contribution in [0, 0.1) is 12.3 Å². The van der Waals surface area contributed by atoms with E-state index in [0.29, 0.717) is 12.1 Å². The molecular weight excluding hydrogens is 202 g/mol. The molecule has 16 heavy (non-hydrogen) atoms. The third-order valence-corrected chi connectivity index (χ3v) is 3.18. The van der Waals surface area contributed by atoms with E-state index in [2.05, 4.69) is 12.2 Å². The first kappa shape index (κ1) is 11.0. The van der Waals surface area contributed by atoms with Gasteiger partial charge in [-0.15, -0.1) is 0 Å². The van der Waals surface area contributed by atoms with Crippen LogP contribution in [-0.4, -0.2) is 17.6 Å². The molecule has 0 atom stereocenters. The van der Waals surface area contributed by atoms with E-state index in [1.807, 2.05) is 6.92 Å². The van der Waals surface area contributed by atoms with Crippen LogP contribution < -0.4 is 5.32 Å². The molecule has 0 unspecified atom stereocenters. The molecule has 3 heteroatoms. The molecule has 0 heterocycles. The summed E-state index contributed by atoms with van der Waals surface area (Å²) in [6.45, 7) is 4.75. The molecule has 1 aliphatic carbocycles. The third-order valence-electron chi connectivity index (χ3n) is 3.18. The molecule has 0 aliphatic heterocycles. The number of phenolic OH excluding ortho intramolecular Hbond substituents is 1. The molecule has 1 fully saturated rings. The van der Waals surface area contributed by atoms with Crippen LogP contribution in [0.15, 0.2) is 18.2 Å². The molecule has 0 radical (unpaired) electrons. The number of rotatable bonds is 3. The molecule has 1 aliphatic rings. The van der Waals surface area contributed by atoms with E-state index in [1.165, 1.54) is 12.8 Å². The Kier molecular flexibility index (Phi) is 2.62. The molecule has 1 amide bonds. The Hall–Kier alpha value is -1.51. The van der Waals surface area contributed by atoms with Crippen molar-refractivity contribution >= 4 is 5.91 Å². The van der Waals surface area contributed by atoms with Crippen molar-refractivity contribution in [2.24, 2.45) is 5.41 Å². The number of nitrogens with one attached hydrogen (secondary N) is 1. The number of phenols is 1. The smallest absolute Gasteiger partial charge is 0.255 e. The van der Waals surface area contributed by atoms with Gasteiger partial charge in [-0.2, -0.15) is 0 Å². The average molecular weight is 219 g/mol. The first-order valence-electron chi connectivity index (χ1n) is 5.58. The highest BCUT2D eigenvalue weighted by Gasteiger charge is 2.37. The lowest BCUT2D eigenvalue weighted by Gasteiger charge is -2.11. The summed E-state index contributed by atoms with van der Waals surface area (Å²) in [7, 11) is 0. The molecule has 2 N–H and O–H groups in total. The molecule has 0 bridgehead atoms. The summed E-state index contributed by atoms with van der Waals surface area (Å²) in [6.07, 6.45) is 2.35. The lowest BCUT2D eigenvalue weighted by atomic mass is 10.1. The van der Waals surface area contributed by atoms with Crippen LogP contribution in [0.25, 0.3) is 0 Å². The van der Waals surface area contributed by atoms with Crippen LogP contribution in [0.2, 0.25) is 0 Å². The number of amides is 1. The predicted octanol–water partition coefficient (Wildman–Crippen LogP) is 2.23. The van der Waals surface area contributed by atoms with Crippen LogP contribution in [-0.2, 0) is 0 Å². The maximum absolute atomic E-state index is 11.8. The Balaban J connectivity index is 2.05. The number of hydrogen-bond donors (Lipinski definition) is 2. The third kappa shape index (κ3) is 2.35. The lowest BCUT2D eigenvalue weighted by Crippen LogP contribution is -2.29. The van der Waals surface area contributed by atoms with E-state index in [-0.39, 0.29) is 17.1 Å². The van der Waals surface area contributed by atoms with Gasteiger partial charge in [0.25, 0.3) is 5.91 Å². The molecule has 1 aromatic rings. The van der Waals surface area contributed by atoms with Crippen molar-refractivity contribution in [3.05, 3.63) is 29.3 Å². The summed E-state index contributed by atoms with van der Waals surface area (Å²) in [5.41, 5.74) is 1.62. The summed E-state index contributed by atoms with van der Waals surface area (Å²) in [5, 5.41) is 12.5. The zero-order chi connectivity index (χ0) is 11.8. The Morgan fingerprint density at radius 1 is 1.50 bits per heavy atom. The van der Waals surface area contributed by atoms with Gasteiger partial charge in [0.1, 0.15) is 5.75 Å². The van der Waals surface area contributed by atoms with Gasteiger partial charge in [0, 0.05) is 6.54 Å². The van der Waals surface area contributed by atoms with Crippen molar-refractivity contribution in [3.63, 3.8) is 0 Å². The molecule has 2 rings (SSSR count). The second kappa shape index (κ2) is 3.81. The summed E-state index contributed by atoms with van der Waals surface area (Å²) in [5.74, 6) is -0.140. The highest BCUT2D eigenvalue weighted by molar-refractivity contribution is 5.97. The van der Waals surface area contributed by atoms with Crippen LogP contribution in [0.4, 0.5) is 0 Å². The maximum Gasteiger partial charge on any atom is 0.255 e. The lowest BCUT2D eigenvalue weighted by molar-refractivity contribution is 0.0943. The van der Waals surface area contributed by atoms with Crippen LogP contribution in [0.3, 0.4) is 0 Å². The SMILES string of the molecule is Cc1ccc(O)c(C(=O)NCC2(C)CC2)c1. The first-order chi connectivity index (χ1) is 7.50. The van der Waals surface area contributed by atoms with Gasteiger partial charge in [0.2, 0.25) is 0 Å². The van der Waals surface area contributed by atoms with Crippen molar-refractivity contribution in [2.75, 3.05) is 6.54 Å². The average Bonchev–Trinajstić information content (AvgIpc) is 2.97. The van der Waals surface area contributed by atoms with Crippen molar-refractivity contribution in [2.45, 2.75) is 26.7 Å². The first-order valence-corrected chi connectivity index (χ1v) is 5.58. The fraction of sp³-hybridized carbons (Fsp3) is 0.462. The number of hydrogen-bond acceptors (Lipinski definition) is 2. The van der Waals surface area contributed by atoms with E-state index < -0.39 is 0 Å². The number of aromatic hydroxyl groups is 1. The minimum atomic E-state index is -0.186. The monoisotopic (exact) mass is 219 g/mol. The van der Waals surface area contributed by atoms with Crippen LogP contribution in [0.1, 0.15) is 35.7 Å². The maximum atomic E-state index is 11.8. The van der Waals surface area contributed by atoms with E-state index in [9.17, 15) is 9.90 Å². The van der Waals surface area contributed by atoms with Gasteiger partial charge >= 0.3 is 0 Å². The standard InChI is InChI=1S/C13H17NO2/c1-9-3-4-11(15)10(7-9)12(16)14-8-13(2)5-6-13/h3-4,7,15H,5-6,8H2,1-2H3,(H,14,16). The van der Waals surface area contributed by atoms with Crippen LogP contribution >= 0.6 is 0 Å². The Morgan fingerprint density at radius 3 is 2.81 bits per heavy atom. The second-order valence-corrected chi connectivity index (χ2v) is 5.01. The number of benzene rings is 1. The zero-order valence-corrected chi connectivity index (χ0v) is 9.71. The van der Waals surface area contributed by atoms with Gasteiger partial charge in [0.05, 0.1) is 5.56 Å². The minimum Gasteiger partial charge on any atom is -0.507 e. The van der Waals surface area contributed by atoms with Gasteiger partial charge in [-0.25, -0.2) is 0 Å². The normalized spacial score (nSPS) is 16.9. The minimum absolute atomic E-state index is 0.0454. The molecule has 0 spiro atoms. The summed E-state index contributed by atoms with van der Waals surface area (Å²) in [6, 6.07) is 5.05. The van der Waals surface area contributed by atoms with Crippen molar-refractivity contribution < 1.29 is 9.90 Å². The summed E-state index contributed by atoms with van der Waals surface area (Å²) < 4.78 is 0. The molecular formula is C13H17NO2. The summed E-state index contributed by atoms with van der Waals surface area (Å²) >= 11 is 0. The van der Waals surface area contributed by atoms with Crippen LogP contribution in [0.5, 0.6) is 5.75 Å². The Labute approximate surface area is 95.5 Å². The fourth-order valence-corrected chi connectivity index (χ4v) is 1.61. The highest BCUT2D eigenvalue weighted by atomic mass is 16.3. The molecule has 1 saturated carbocycles. The zero-order valence-electron chi connectivity index (χ0n) is 9.71. The number of aryl methyl sites for hydroxylation is 1. The van der Waals surface area contributed by atoms with E-state index in [4.69, 9.17) is 0 Å². The predicted molar refractivity (Wildman–Crippen MR) is 62.5 cm³/mol. The van der Waals surface area contributed by atoms with E-state index in [0.717, 1.165) is 5.56 Å². The number of carbonyl (C=O) groups excluding carboxylic acids is 1. The van der Waals surface area contributed by atoms with Gasteiger partial charge < -0.3 is 10.4 Å². The van der Waals surface area contributed by atoms with Crippen molar-refractivity contribution in [1.29, 1.82) is 0 Å². The van der Waals surface area contributed by atoms with Gasteiger partial charge in [0.15, 0.2) is 0 Å². The fourth-order valence-electron chi connectivity index (χ4n) is 1.61. The molecule has 3 nitrogen and oxygen atoms in total. The van der Waals surface area contributed by atoms with E-state index >= 15 is 0 Å². The Morgan fingerprint density at radius 2 is 2.19 bits per heavy atom. The van der Waals surface area contributed by atoms with E-state index in [1.54, 1.807) is 18.2 Å². The molecule has 1 aromatic carbocycles. The van der Waals surface area contributed by atoms with Crippen molar-refractivity contribution in [3.8, 4) is 5.75 Å². The largest absolute Gasteiger partial charge is 0.507 e. The Bertz CT molecular complexity index is 422. The molecule has 0 aromatic heterocycles. The highest BCUT2D eigenvalue weighted by Crippen LogP contribution is 2.44. The van der Waals surface area contributed by atoms with Gasteiger partial charge in [-0.3, -0.25) is 4.79 Å². The number of carbonyl (C=O) groups is 1. The van der Waals surface area contributed by atoms with Gasteiger partial charge in [-0.05, 0) is 37.3 Å².